The van der Waals surface area contributed by atoms with E-state index in [1.54, 1.807) is 41.0 Å². The molecule has 0 spiro atoms. The van der Waals surface area contributed by atoms with Crippen molar-refractivity contribution in [3.63, 3.8) is 0 Å². The minimum atomic E-state index is -0.0626. The van der Waals surface area contributed by atoms with Crippen molar-refractivity contribution in [3.05, 3.63) is 51.2 Å². The third-order valence-electron chi connectivity index (χ3n) is 2.69. The summed E-state index contributed by atoms with van der Waals surface area (Å²) in [4.78, 5) is 14.0. The van der Waals surface area contributed by atoms with Gasteiger partial charge in [0.1, 0.15) is 0 Å². The fourth-order valence-corrected chi connectivity index (χ4v) is 2.62. The van der Waals surface area contributed by atoms with Crippen LogP contribution in [0.25, 0.3) is 0 Å². The smallest absolute Gasteiger partial charge is 0.255 e. The van der Waals surface area contributed by atoms with E-state index < -0.39 is 0 Å². The Morgan fingerprint density at radius 2 is 2.26 bits per heavy atom. The summed E-state index contributed by atoms with van der Waals surface area (Å²) >= 11 is 9.22. The highest BCUT2D eigenvalue weighted by atomic mass is 79.9. The normalized spacial score (nSPS) is 10.5. The molecule has 0 aliphatic carbocycles. The Kier molecular flexibility index (Phi) is 4.27. The summed E-state index contributed by atoms with van der Waals surface area (Å²) in [6.45, 7) is 0.516. The van der Waals surface area contributed by atoms with Crippen LogP contribution in [0.15, 0.2) is 35.1 Å². The first-order valence-corrected chi connectivity index (χ1v) is 6.82. The molecule has 0 radical (unpaired) electrons. The molecule has 0 aliphatic heterocycles. The van der Waals surface area contributed by atoms with Crippen LogP contribution in [0, 0.1) is 0 Å². The lowest BCUT2D eigenvalue weighted by atomic mass is 10.2. The van der Waals surface area contributed by atoms with Crippen LogP contribution in [0.4, 0.5) is 0 Å². The number of hydrogen-bond acceptors (Lipinski definition) is 2. The standard InChI is InChI=1S/C13H13BrClN3O/c1-17(7-9-6-16-18(2)8-9)13(19)11-4-3-10(15)5-12(11)14/h3-6,8H,7H2,1-2H3. The van der Waals surface area contributed by atoms with E-state index in [-0.39, 0.29) is 5.91 Å². The predicted octanol–water partition coefficient (Wildman–Crippen LogP) is 3.11. The van der Waals surface area contributed by atoms with E-state index in [4.69, 9.17) is 11.6 Å². The molecule has 0 fully saturated rings. The molecule has 4 nitrogen and oxygen atoms in total. The summed E-state index contributed by atoms with van der Waals surface area (Å²) in [6.07, 6.45) is 3.64. The third-order valence-corrected chi connectivity index (χ3v) is 3.58. The van der Waals surface area contributed by atoms with E-state index in [9.17, 15) is 4.79 Å². The molecule has 0 saturated carbocycles. The second-order valence-corrected chi connectivity index (χ2v) is 5.60. The van der Waals surface area contributed by atoms with Gasteiger partial charge in [-0.2, -0.15) is 5.10 Å². The number of nitrogens with zero attached hydrogens (tertiary/aromatic N) is 3. The van der Waals surface area contributed by atoms with Gasteiger partial charge in [-0.25, -0.2) is 0 Å². The molecule has 2 rings (SSSR count). The van der Waals surface area contributed by atoms with Gasteiger partial charge >= 0.3 is 0 Å². The van der Waals surface area contributed by atoms with Crippen molar-refractivity contribution in [2.45, 2.75) is 6.54 Å². The number of halogens is 2. The summed E-state index contributed by atoms with van der Waals surface area (Å²) in [7, 11) is 3.61. The van der Waals surface area contributed by atoms with Crippen LogP contribution in [-0.4, -0.2) is 27.6 Å². The predicted molar refractivity (Wildman–Crippen MR) is 78.2 cm³/mol. The number of carbonyl (C=O) groups is 1. The van der Waals surface area contributed by atoms with Crippen molar-refractivity contribution < 1.29 is 4.79 Å². The summed E-state index contributed by atoms with van der Waals surface area (Å²) < 4.78 is 2.41. The van der Waals surface area contributed by atoms with E-state index >= 15 is 0 Å². The highest BCUT2D eigenvalue weighted by Gasteiger charge is 2.15. The first-order valence-electron chi connectivity index (χ1n) is 5.65. The van der Waals surface area contributed by atoms with Crippen LogP contribution in [0.3, 0.4) is 0 Å². The number of amides is 1. The van der Waals surface area contributed by atoms with Crippen molar-refractivity contribution in [1.82, 2.24) is 14.7 Å². The van der Waals surface area contributed by atoms with Gasteiger partial charge in [-0.1, -0.05) is 11.6 Å². The van der Waals surface area contributed by atoms with Crippen molar-refractivity contribution in [1.29, 1.82) is 0 Å². The fourth-order valence-electron chi connectivity index (χ4n) is 1.77. The van der Waals surface area contributed by atoms with Gasteiger partial charge in [0.05, 0.1) is 11.8 Å². The molecule has 0 atom stereocenters. The molecule has 0 saturated heterocycles. The van der Waals surface area contributed by atoms with Crippen LogP contribution in [0.2, 0.25) is 5.02 Å². The van der Waals surface area contributed by atoms with E-state index in [1.807, 2.05) is 13.2 Å². The molecular weight excluding hydrogens is 330 g/mol. The Labute approximate surface area is 125 Å². The molecule has 0 N–H and O–H groups in total. The summed E-state index contributed by atoms with van der Waals surface area (Å²) in [5.41, 5.74) is 1.58. The molecule has 0 bridgehead atoms. The van der Waals surface area contributed by atoms with E-state index in [2.05, 4.69) is 21.0 Å². The minimum Gasteiger partial charge on any atom is -0.337 e. The SMILES string of the molecule is CN(Cc1cnn(C)c1)C(=O)c1ccc(Cl)cc1Br. The van der Waals surface area contributed by atoms with Crippen LogP contribution in [0.1, 0.15) is 15.9 Å². The summed E-state index contributed by atoms with van der Waals surface area (Å²) in [5.74, 6) is -0.0626. The van der Waals surface area contributed by atoms with E-state index in [0.29, 0.717) is 21.6 Å². The topological polar surface area (TPSA) is 38.1 Å². The Hall–Kier alpha value is -1.33. The Morgan fingerprint density at radius 3 is 2.84 bits per heavy atom. The van der Waals surface area contributed by atoms with Crippen LogP contribution in [0.5, 0.6) is 0 Å². The molecule has 100 valence electrons. The number of aryl methyl sites for hydroxylation is 1. The van der Waals surface area contributed by atoms with Gasteiger partial charge in [0.2, 0.25) is 0 Å². The van der Waals surface area contributed by atoms with Gasteiger partial charge in [-0.05, 0) is 34.1 Å². The Morgan fingerprint density at radius 1 is 1.53 bits per heavy atom. The minimum absolute atomic E-state index is 0.0626. The zero-order chi connectivity index (χ0) is 14.0. The zero-order valence-corrected chi connectivity index (χ0v) is 12.9. The lowest BCUT2D eigenvalue weighted by molar-refractivity contribution is 0.0784. The third kappa shape index (κ3) is 3.36. The van der Waals surface area contributed by atoms with Crippen molar-refractivity contribution in [2.24, 2.45) is 7.05 Å². The molecule has 1 aromatic carbocycles. The lowest BCUT2D eigenvalue weighted by Gasteiger charge is -2.17. The quantitative estimate of drug-likeness (QED) is 0.859. The van der Waals surface area contributed by atoms with Gasteiger partial charge in [-0.3, -0.25) is 9.48 Å². The number of benzene rings is 1. The Balaban J connectivity index is 2.14. The largest absolute Gasteiger partial charge is 0.337 e. The molecule has 1 heterocycles. The van der Waals surface area contributed by atoms with Gasteiger partial charge in [0, 0.05) is 41.9 Å². The molecule has 1 aromatic heterocycles. The first kappa shape index (κ1) is 14.1. The molecular formula is C13H13BrClN3O. The highest BCUT2D eigenvalue weighted by Crippen LogP contribution is 2.23. The van der Waals surface area contributed by atoms with Crippen molar-refractivity contribution in [2.75, 3.05) is 7.05 Å². The van der Waals surface area contributed by atoms with Crippen LogP contribution >= 0.6 is 27.5 Å². The average molecular weight is 343 g/mol. The maximum atomic E-state index is 12.3. The lowest BCUT2D eigenvalue weighted by Crippen LogP contribution is -2.26. The zero-order valence-electron chi connectivity index (χ0n) is 10.6. The second-order valence-electron chi connectivity index (χ2n) is 4.31. The molecule has 0 aliphatic rings. The maximum Gasteiger partial charge on any atom is 0.255 e. The molecule has 19 heavy (non-hydrogen) atoms. The number of rotatable bonds is 3. The number of carbonyl (C=O) groups excluding carboxylic acids is 1. The van der Waals surface area contributed by atoms with Crippen LogP contribution < -0.4 is 0 Å². The van der Waals surface area contributed by atoms with Gasteiger partial charge in [0.25, 0.3) is 5.91 Å². The van der Waals surface area contributed by atoms with Crippen molar-refractivity contribution in [3.8, 4) is 0 Å². The van der Waals surface area contributed by atoms with Crippen LogP contribution in [-0.2, 0) is 13.6 Å². The molecule has 1 amide bonds. The fraction of sp³-hybridized carbons (Fsp3) is 0.231. The monoisotopic (exact) mass is 341 g/mol. The van der Waals surface area contributed by atoms with Crippen molar-refractivity contribution >= 4 is 33.4 Å². The van der Waals surface area contributed by atoms with Gasteiger partial charge in [-0.15, -0.1) is 0 Å². The molecule has 2 aromatic rings. The Bertz CT molecular complexity index is 612. The van der Waals surface area contributed by atoms with Gasteiger partial charge in [0.15, 0.2) is 0 Å². The van der Waals surface area contributed by atoms with E-state index in [1.165, 1.54) is 0 Å². The van der Waals surface area contributed by atoms with E-state index in [0.717, 1.165) is 5.56 Å². The molecule has 0 unspecified atom stereocenters. The first-order chi connectivity index (χ1) is 8.97. The average Bonchev–Trinajstić information content (AvgIpc) is 2.74. The second kappa shape index (κ2) is 5.75. The maximum absolute atomic E-state index is 12.3. The summed E-state index contributed by atoms with van der Waals surface area (Å²) in [6, 6.07) is 5.14. The molecule has 6 heteroatoms. The van der Waals surface area contributed by atoms with Gasteiger partial charge < -0.3 is 4.90 Å². The number of aromatic nitrogens is 2. The highest BCUT2D eigenvalue weighted by molar-refractivity contribution is 9.10. The number of hydrogen-bond donors (Lipinski definition) is 0. The summed E-state index contributed by atoms with van der Waals surface area (Å²) in [5, 5.41) is 4.68.